The lowest BCUT2D eigenvalue weighted by Gasteiger charge is -2.29. The van der Waals surface area contributed by atoms with Gasteiger partial charge in [-0.2, -0.15) is 13.2 Å². The number of halogens is 4. The van der Waals surface area contributed by atoms with Gasteiger partial charge in [0.25, 0.3) is 11.8 Å². The summed E-state index contributed by atoms with van der Waals surface area (Å²) in [5.74, 6) is -2.40. The smallest absolute Gasteiger partial charge is 0.324 e. The molecule has 1 N–H and O–H groups in total. The van der Waals surface area contributed by atoms with E-state index in [-0.39, 0.29) is 16.8 Å². The molecule has 1 heterocycles. The molecule has 0 radical (unpaired) electrons. The summed E-state index contributed by atoms with van der Waals surface area (Å²) in [5.41, 5.74) is -0.853. The van der Waals surface area contributed by atoms with E-state index in [2.05, 4.69) is 5.32 Å². The average molecular weight is 439 g/mol. The van der Waals surface area contributed by atoms with Crippen molar-refractivity contribution in [2.24, 2.45) is 5.92 Å². The number of rotatable bonds is 5. The van der Waals surface area contributed by atoms with Crippen LogP contribution in [0.3, 0.4) is 0 Å². The second-order valence-corrected chi connectivity index (χ2v) is 7.45. The van der Waals surface area contributed by atoms with Crippen molar-refractivity contribution in [3.05, 3.63) is 64.2 Å². The standard InChI is InChI=1S/C21H18ClF3N2O3/c1-3-11(2)17(27-19(29)13-6-4-5-7-14(13)20(27)30)18(28)26-12-8-9-16(22)15(10-12)21(23,24)25/h4-11,17H,3H2,1-2H3,(H,26,28)/t11-,17-/m0/s1. The number of anilines is 1. The van der Waals surface area contributed by atoms with Gasteiger partial charge in [-0.15, -0.1) is 0 Å². The zero-order valence-corrected chi connectivity index (χ0v) is 16.8. The molecule has 1 aliphatic heterocycles. The van der Waals surface area contributed by atoms with E-state index in [1.807, 2.05) is 0 Å². The van der Waals surface area contributed by atoms with E-state index in [1.54, 1.807) is 26.0 Å². The van der Waals surface area contributed by atoms with Crippen LogP contribution in [0.5, 0.6) is 0 Å². The van der Waals surface area contributed by atoms with Crippen molar-refractivity contribution in [2.75, 3.05) is 5.32 Å². The van der Waals surface area contributed by atoms with Gasteiger partial charge >= 0.3 is 6.18 Å². The van der Waals surface area contributed by atoms with Gasteiger partial charge in [-0.25, -0.2) is 0 Å². The molecule has 0 bridgehead atoms. The van der Waals surface area contributed by atoms with Crippen LogP contribution in [-0.2, 0) is 11.0 Å². The third-order valence-electron chi connectivity index (χ3n) is 5.09. The van der Waals surface area contributed by atoms with Crippen LogP contribution in [-0.4, -0.2) is 28.7 Å². The van der Waals surface area contributed by atoms with Crippen LogP contribution >= 0.6 is 11.6 Å². The Bertz CT molecular complexity index is 988. The van der Waals surface area contributed by atoms with Crippen molar-refractivity contribution >= 4 is 35.0 Å². The van der Waals surface area contributed by atoms with Crippen LogP contribution in [0, 0.1) is 5.92 Å². The summed E-state index contributed by atoms with van der Waals surface area (Å²) in [4.78, 5) is 39.5. The second-order valence-electron chi connectivity index (χ2n) is 7.04. The van der Waals surface area contributed by atoms with Crippen LogP contribution in [0.1, 0.15) is 46.5 Å². The highest BCUT2D eigenvalue weighted by molar-refractivity contribution is 6.31. The van der Waals surface area contributed by atoms with Gasteiger partial charge in [-0.3, -0.25) is 19.3 Å². The molecule has 0 aliphatic carbocycles. The van der Waals surface area contributed by atoms with E-state index < -0.39 is 46.4 Å². The summed E-state index contributed by atoms with van der Waals surface area (Å²) in [6.07, 6.45) is -4.24. The maximum Gasteiger partial charge on any atom is 0.417 e. The Kier molecular flexibility index (Phi) is 5.90. The van der Waals surface area contributed by atoms with Crippen molar-refractivity contribution in [1.82, 2.24) is 4.90 Å². The first-order chi connectivity index (χ1) is 14.1. The Labute approximate surface area is 175 Å². The number of hydrogen-bond acceptors (Lipinski definition) is 3. The molecule has 3 rings (SSSR count). The van der Waals surface area contributed by atoms with Gasteiger partial charge in [0, 0.05) is 5.69 Å². The first kappa shape index (κ1) is 21.8. The number of hydrogen-bond donors (Lipinski definition) is 1. The topological polar surface area (TPSA) is 66.5 Å². The summed E-state index contributed by atoms with van der Waals surface area (Å²) < 4.78 is 39.3. The van der Waals surface area contributed by atoms with Gasteiger partial charge < -0.3 is 5.32 Å². The molecule has 1 aliphatic rings. The van der Waals surface area contributed by atoms with E-state index in [9.17, 15) is 27.6 Å². The summed E-state index contributed by atoms with van der Waals surface area (Å²) >= 11 is 5.62. The normalized spacial score (nSPS) is 15.7. The molecular weight excluding hydrogens is 421 g/mol. The quantitative estimate of drug-likeness (QED) is 0.667. The lowest BCUT2D eigenvalue weighted by molar-refractivity contribution is -0.137. The Morgan fingerprint density at radius 1 is 1.10 bits per heavy atom. The van der Waals surface area contributed by atoms with Gasteiger partial charge in [0.05, 0.1) is 21.7 Å². The number of carbonyl (C=O) groups is 3. The summed E-state index contributed by atoms with van der Waals surface area (Å²) in [7, 11) is 0. The Morgan fingerprint density at radius 3 is 2.17 bits per heavy atom. The first-order valence-corrected chi connectivity index (χ1v) is 9.58. The number of benzene rings is 2. The van der Waals surface area contributed by atoms with E-state index in [0.29, 0.717) is 6.42 Å². The second kappa shape index (κ2) is 8.10. The van der Waals surface area contributed by atoms with Crippen LogP contribution in [0.15, 0.2) is 42.5 Å². The fourth-order valence-electron chi connectivity index (χ4n) is 3.35. The van der Waals surface area contributed by atoms with Gasteiger partial charge in [-0.05, 0) is 36.2 Å². The molecule has 2 atom stereocenters. The molecule has 9 heteroatoms. The maximum atomic E-state index is 13.1. The summed E-state index contributed by atoms with van der Waals surface area (Å²) in [6.45, 7) is 3.48. The molecule has 5 nitrogen and oxygen atoms in total. The molecule has 0 saturated heterocycles. The van der Waals surface area contributed by atoms with Gasteiger partial charge in [-0.1, -0.05) is 44.0 Å². The van der Waals surface area contributed by atoms with E-state index in [1.165, 1.54) is 18.2 Å². The molecule has 0 saturated carbocycles. The lowest BCUT2D eigenvalue weighted by Crippen LogP contribution is -2.50. The minimum atomic E-state index is -4.70. The monoisotopic (exact) mass is 438 g/mol. The van der Waals surface area contributed by atoms with Crippen LogP contribution in [0.4, 0.5) is 18.9 Å². The minimum absolute atomic E-state index is 0.137. The maximum absolute atomic E-state index is 13.1. The van der Waals surface area contributed by atoms with Gasteiger partial charge in [0.2, 0.25) is 5.91 Å². The van der Waals surface area contributed by atoms with Crippen molar-refractivity contribution < 1.29 is 27.6 Å². The third kappa shape index (κ3) is 3.92. The van der Waals surface area contributed by atoms with Crippen LogP contribution in [0.2, 0.25) is 5.02 Å². The lowest BCUT2D eigenvalue weighted by atomic mass is 9.96. The predicted molar refractivity (Wildman–Crippen MR) is 105 cm³/mol. The highest BCUT2D eigenvalue weighted by atomic mass is 35.5. The molecular formula is C21H18ClF3N2O3. The molecule has 158 valence electrons. The zero-order chi connectivity index (χ0) is 22.2. The number of nitrogens with zero attached hydrogens (tertiary/aromatic N) is 1. The van der Waals surface area contributed by atoms with Crippen molar-refractivity contribution in [2.45, 2.75) is 32.5 Å². The van der Waals surface area contributed by atoms with Gasteiger partial charge in [0.15, 0.2) is 0 Å². The highest BCUT2D eigenvalue weighted by Crippen LogP contribution is 2.36. The number of imide groups is 1. The molecule has 0 spiro atoms. The van der Waals surface area contributed by atoms with E-state index >= 15 is 0 Å². The van der Waals surface area contributed by atoms with Crippen molar-refractivity contribution in [1.29, 1.82) is 0 Å². The number of amides is 3. The first-order valence-electron chi connectivity index (χ1n) is 9.20. The Morgan fingerprint density at radius 2 is 1.67 bits per heavy atom. The summed E-state index contributed by atoms with van der Waals surface area (Å²) in [5, 5.41) is 1.90. The number of carbonyl (C=O) groups excluding carboxylic acids is 3. The number of nitrogens with one attached hydrogen (secondary N) is 1. The van der Waals surface area contributed by atoms with E-state index in [0.717, 1.165) is 17.0 Å². The molecule has 30 heavy (non-hydrogen) atoms. The molecule has 0 aromatic heterocycles. The molecule has 0 unspecified atom stereocenters. The van der Waals surface area contributed by atoms with Crippen LogP contribution in [0.25, 0.3) is 0 Å². The number of alkyl halides is 3. The van der Waals surface area contributed by atoms with Gasteiger partial charge in [0.1, 0.15) is 6.04 Å². The largest absolute Gasteiger partial charge is 0.417 e. The molecule has 2 aromatic carbocycles. The fourth-order valence-corrected chi connectivity index (χ4v) is 3.58. The highest BCUT2D eigenvalue weighted by Gasteiger charge is 2.44. The van der Waals surface area contributed by atoms with E-state index in [4.69, 9.17) is 11.6 Å². The van der Waals surface area contributed by atoms with Crippen molar-refractivity contribution in [3.8, 4) is 0 Å². The fraction of sp³-hybridized carbons (Fsp3) is 0.286. The molecule has 0 fully saturated rings. The predicted octanol–water partition coefficient (Wildman–Crippen LogP) is 5.01. The Hall–Kier alpha value is -2.87. The molecule has 3 amide bonds. The Balaban J connectivity index is 1.94. The van der Waals surface area contributed by atoms with Crippen molar-refractivity contribution in [3.63, 3.8) is 0 Å². The zero-order valence-electron chi connectivity index (χ0n) is 16.1. The minimum Gasteiger partial charge on any atom is -0.324 e. The average Bonchev–Trinajstić information content (AvgIpc) is 2.94. The number of fused-ring (bicyclic) bond motifs is 1. The van der Waals surface area contributed by atoms with Crippen LogP contribution < -0.4 is 5.32 Å². The third-order valence-corrected chi connectivity index (χ3v) is 5.42. The molecule has 2 aromatic rings. The summed E-state index contributed by atoms with van der Waals surface area (Å²) in [6, 6.07) is 8.00. The SMILES string of the molecule is CC[C@H](C)[C@@H](C(=O)Nc1ccc(Cl)c(C(F)(F)F)c1)N1C(=O)c2ccccc2C1=O.